The summed E-state index contributed by atoms with van der Waals surface area (Å²) in [6.45, 7) is 2.13. The molecule has 3 rings (SSSR count). The largest absolute Gasteiger partial charge is 0.456 e. The van der Waals surface area contributed by atoms with E-state index >= 15 is 0 Å². The molecule has 1 saturated heterocycles. The fourth-order valence-electron chi connectivity index (χ4n) is 3.17. The number of hydrogen-bond acceptors (Lipinski definition) is 11. The molecule has 0 saturated carbocycles. The smallest absolute Gasteiger partial charge is 0.414 e. The van der Waals surface area contributed by atoms with Crippen LogP contribution in [0.1, 0.15) is 12.5 Å². The number of esters is 1. The maximum atomic E-state index is 14.9. The molecular formula is C22H26FN7O6. The maximum Gasteiger partial charge on any atom is 0.414 e. The summed E-state index contributed by atoms with van der Waals surface area (Å²) in [4.78, 5) is 38.3. The number of alkyl carbamates (subject to hydrolysis) is 1. The van der Waals surface area contributed by atoms with Gasteiger partial charge in [-0.15, -0.1) is 0 Å². The van der Waals surface area contributed by atoms with Gasteiger partial charge in [-0.1, -0.05) is 23.4 Å². The lowest BCUT2D eigenvalue weighted by molar-refractivity contribution is -0.152. The van der Waals surface area contributed by atoms with Gasteiger partial charge in [-0.3, -0.25) is 15.5 Å². The first-order valence-electron chi connectivity index (χ1n) is 10.7. The van der Waals surface area contributed by atoms with Gasteiger partial charge in [0.15, 0.2) is 18.7 Å². The molecule has 36 heavy (non-hydrogen) atoms. The zero-order valence-electron chi connectivity index (χ0n) is 19.7. The molecule has 192 valence electrons. The first-order valence-corrected chi connectivity index (χ1v) is 10.7. The molecule has 1 aliphatic rings. The number of hydrogen-bond donors (Lipinski definition) is 3. The lowest BCUT2D eigenvalue weighted by Gasteiger charge is -2.32. The molecule has 0 radical (unpaired) electrons. The van der Waals surface area contributed by atoms with Crippen LogP contribution >= 0.6 is 0 Å². The molecule has 1 aliphatic heterocycles. The summed E-state index contributed by atoms with van der Waals surface area (Å²) >= 11 is 0. The van der Waals surface area contributed by atoms with Crippen molar-refractivity contribution in [2.45, 2.75) is 19.6 Å². The molecule has 1 fully saturated rings. The molecule has 0 aliphatic carbocycles. The monoisotopic (exact) mass is 503 g/mol. The average Bonchev–Trinajstić information content (AvgIpc) is 2.79. The maximum absolute atomic E-state index is 14.9. The summed E-state index contributed by atoms with van der Waals surface area (Å²) in [5.41, 5.74) is 6.64. The van der Waals surface area contributed by atoms with Gasteiger partial charge in [0.25, 0.3) is 0 Å². The molecule has 1 aromatic heterocycles. The highest BCUT2D eigenvalue weighted by Crippen LogP contribution is 2.26. The fraction of sp³-hybridized carbons (Fsp3) is 0.364. The van der Waals surface area contributed by atoms with Crippen LogP contribution in [0, 0.1) is 11.2 Å². The third kappa shape index (κ3) is 7.33. The number of carbonyl (C=O) groups excluding carboxylic acids is 2. The van der Waals surface area contributed by atoms with Crippen molar-refractivity contribution in [2.24, 2.45) is 10.9 Å². The third-order valence-electron chi connectivity index (χ3n) is 4.79. The Labute approximate surface area is 205 Å². The minimum Gasteiger partial charge on any atom is -0.456 e. The number of methoxy groups -OCH3 is 1. The predicted octanol–water partition coefficient (Wildman–Crippen LogP) is 1.17. The Morgan fingerprint density at radius 2 is 2.00 bits per heavy atom. The van der Waals surface area contributed by atoms with Crippen LogP contribution in [0.3, 0.4) is 0 Å². The Morgan fingerprint density at radius 3 is 2.64 bits per heavy atom. The zero-order valence-corrected chi connectivity index (χ0v) is 19.7. The number of ether oxygens (including phenoxy) is 3. The second-order valence-electron chi connectivity index (χ2n) is 7.66. The van der Waals surface area contributed by atoms with Crippen molar-refractivity contribution >= 4 is 29.7 Å². The van der Waals surface area contributed by atoms with Crippen molar-refractivity contribution in [3.8, 4) is 11.1 Å². The Hall–Kier alpha value is -4.33. The van der Waals surface area contributed by atoms with E-state index in [2.05, 4.69) is 15.1 Å². The van der Waals surface area contributed by atoms with Gasteiger partial charge >= 0.3 is 12.1 Å². The van der Waals surface area contributed by atoms with Crippen molar-refractivity contribution in [2.75, 3.05) is 38.3 Å². The number of rotatable bonds is 10. The summed E-state index contributed by atoms with van der Waals surface area (Å²) < 4.78 is 29.9. The van der Waals surface area contributed by atoms with Crippen molar-refractivity contribution in [1.82, 2.24) is 15.3 Å². The van der Waals surface area contributed by atoms with Crippen molar-refractivity contribution in [3.05, 3.63) is 42.0 Å². The molecule has 1 amide bonds. The molecule has 1 atom stereocenters. The lowest BCUT2D eigenvalue weighted by Crippen LogP contribution is -2.48. The van der Waals surface area contributed by atoms with Crippen LogP contribution in [0.25, 0.3) is 11.1 Å². The van der Waals surface area contributed by atoms with Gasteiger partial charge in [0.1, 0.15) is 12.4 Å². The summed E-state index contributed by atoms with van der Waals surface area (Å²) in [7, 11) is 1.50. The summed E-state index contributed by atoms with van der Waals surface area (Å²) in [5, 5.41) is 13.0. The Kier molecular flexibility index (Phi) is 9.05. The topological polar surface area (TPSA) is 174 Å². The van der Waals surface area contributed by atoms with Gasteiger partial charge in [-0.25, -0.2) is 19.2 Å². The SMILES string of the molecule is COCC(CON=C1CN(c2ncc(-c3cccc(COC(=O)NC(=N)N)c3F)cn2)C1)OC(C)=O. The van der Waals surface area contributed by atoms with Crippen LogP contribution in [-0.2, 0) is 30.4 Å². The molecule has 0 spiro atoms. The van der Waals surface area contributed by atoms with E-state index < -0.39 is 29.9 Å². The van der Waals surface area contributed by atoms with Gasteiger partial charge < -0.3 is 29.7 Å². The number of halogens is 1. The van der Waals surface area contributed by atoms with E-state index in [1.807, 2.05) is 10.2 Å². The number of nitrogens with one attached hydrogen (secondary N) is 2. The zero-order chi connectivity index (χ0) is 26.1. The number of amides is 1. The van der Waals surface area contributed by atoms with E-state index in [1.54, 1.807) is 12.1 Å². The van der Waals surface area contributed by atoms with E-state index in [0.717, 1.165) is 5.71 Å². The van der Waals surface area contributed by atoms with Gasteiger partial charge in [-0.05, 0) is 0 Å². The molecule has 2 aromatic rings. The van der Waals surface area contributed by atoms with Crippen LogP contribution < -0.4 is 16.0 Å². The lowest BCUT2D eigenvalue weighted by atomic mass is 10.1. The van der Waals surface area contributed by atoms with Gasteiger partial charge in [0.05, 0.1) is 25.4 Å². The molecule has 1 aromatic carbocycles. The normalized spacial score (nSPS) is 13.3. The molecular weight excluding hydrogens is 477 g/mol. The van der Waals surface area contributed by atoms with Gasteiger partial charge in [0, 0.05) is 43.1 Å². The number of guanidine groups is 1. The van der Waals surface area contributed by atoms with Gasteiger partial charge in [-0.2, -0.15) is 0 Å². The van der Waals surface area contributed by atoms with Crippen molar-refractivity contribution in [3.63, 3.8) is 0 Å². The number of nitrogens with two attached hydrogens (primary N) is 1. The number of nitrogens with zero attached hydrogens (tertiary/aromatic N) is 4. The van der Waals surface area contributed by atoms with Crippen LogP contribution in [0.4, 0.5) is 15.1 Å². The summed E-state index contributed by atoms with van der Waals surface area (Å²) in [6, 6.07) is 4.65. The highest BCUT2D eigenvalue weighted by atomic mass is 19.1. The molecule has 1 unspecified atom stereocenters. The van der Waals surface area contributed by atoms with Gasteiger partial charge in [0.2, 0.25) is 5.95 Å². The van der Waals surface area contributed by atoms with Crippen LogP contribution in [0.15, 0.2) is 35.7 Å². The number of aromatic nitrogens is 2. The molecule has 0 bridgehead atoms. The first kappa shape index (κ1) is 26.3. The Morgan fingerprint density at radius 1 is 1.28 bits per heavy atom. The fourth-order valence-corrected chi connectivity index (χ4v) is 3.17. The summed E-state index contributed by atoms with van der Waals surface area (Å²) in [6.07, 6.45) is 1.48. The number of oxime groups is 1. The first-order chi connectivity index (χ1) is 17.3. The van der Waals surface area contributed by atoms with E-state index in [1.165, 1.54) is 32.5 Å². The second-order valence-corrected chi connectivity index (χ2v) is 7.66. The van der Waals surface area contributed by atoms with Crippen molar-refractivity contribution in [1.29, 1.82) is 5.41 Å². The quantitative estimate of drug-likeness (QED) is 0.185. The summed E-state index contributed by atoms with van der Waals surface area (Å²) in [5.74, 6) is -1.15. The number of carbonyl (C=O) groups is 2. The highest BCUT2D eigenvalue weighted by molar-refractivity contribution is 5.98. The highest BCUT2D eigenvalue weighted by Gasteiger charge is 2.25. The minimum atomic E-state index is -0.956. The van der Waals surface area contributed by atoms with Crippen molar-refractivity contribution < 1.29 is 33.0 Å². The van der Waals surface area contributed by atoms with Crippen LogP contribution in [0.5, 0.6) is 0 Å². The van der Waals surface area contributed by atoms with E-state index in [4.69, 9.17) is 30.2 Å². The standard InChI is InChI=1S/C22H26FN7O6/c1-13(31)36-17(11-33-2)12-35-29-16-8-30(9-16)21-26-6-15(7-27-21)18-5-3-4-14(19(18)23)10-34-22(32)28-20(24)25/h3-7,17H,8-12H2,1-2H3,(H4,24,25,28,32). The number of benzene rings is 1. The molecule has 14 heteroatoms. The average molecular weight is 503 g/mol. The third-order valence-corrected chi connectivity index (χ3v) is 4.79. The minimum absolute atomic E-state index is 0.0686. The predicted molar refractivity (Wildman–Crippen MR) is 126 cm³/mol. The Bertz CT molecular complexity index is 1120. The van der Waals surface area contributed by atoms with E-state index in [9.17, 15) is 14.0 Å². The van der Waals surface area contributed by atoms with E-state index in [0.29, 0.717) is 24.6 Å². The number of anilines is 1. The van der Waals surface area contributed by atoms with Crippen LogP contribution in [0.2, 0.25) is 0 Å². The van der Waals surface area contributed by atoms with Crippen LogP contribution in [-0.4, -0.2) is 73.2 Å². The second kappa shape index (κ2) is 12.4. The Balaban J connectivity index is 1.54. The molecule has 4 N–H and O–H groups in total. The van der Waals surface area contributed by atoms with E-state index in [-0.39, 0.29) is 30.9 Å². The molecule has 2 heterocycles. The molecule has 13 nitrogen and oxygen atoms in total.